The molecule has 0 atom stereocenters. The Morgan fingerprint density at radius 3 is 1.87 bits per heavy atom. The van der Waals surface area contributed by atoms with Gasteiger partial charge in [0.25, 0.3) is 0 Å². The standard InChI is InChI=1S/C49H27N3OS2/c1-2-11-29-26-30(21-20-28(29)10-1)47-50-48(31-22-25-42-37(27-31)32-12-4-7-17-40(32)54-42)52-49(51-47)46-34(23-24-39-45(46)35-13-3-6-16-38(35)53-39)33-15-9-19-43-44(33)36-14-5-8-18-41(36)55-43/h1-27H. The van der Waals surface area contributed by atoms with Crippen LogP contribution in [0.4, 0.5) is 0 Å². The molecule has 0 amide bonds. The summed E-state index contributed by atoms with van der Waals surface area (Å²) in [7, 11) is 0. The molecule has 0 aliphatic heterocycles. The van der Waals surface area contributed by atoms with E-state index < -0.39 is 0 Å². The molecule has 55 heavy (non-hydrogen) atoms. The van der Waals surface area contributed by atoms with E-state index in [9.17, 15) is 0 Å². The molecule has 4 nitrogen and oxygen atoms in total. The van der Waals surface area contributed by atoms with E-state index in [1.54, 1.807) is 0 Å². The van der Waals surface area contributed by atoms with Crippen LogP contribution >= 0.6 is 22.7 Å². The van der Waals surface area contributed by atoms with Crippen LogP contribution in [0.25, 0.3) is 118 Å². The Morgan fingerprint density at radius 2 is 1.00 bits per heavy atom. The number of benzene rings is 8. The third-order valence-electron chi connectivity index (χ3n) is 10.7. The van der Waals surface area contributed by atoms with Crippen molar-refractivity contribution in [1.82, 2.24) is 15.0 Å². The van der Waals surface area contributed by atoms with Gasteiger partial charge in [0.2, 0.25) is 0 Å². The summed E-state index contributed by atoms with van der Waals surface area (Å²) >= 11 is 3.63. The highest BCUT2D eigenvalue weighted by Crippen LogP contribution is 2.47. The molecule has 0 saturated heterocycles. The monoisotopic (exact) mass is 737 g/mol. The van der Waals surface area contributed by atoms with E-state index in [0.29, 0.717) is 17.5 Å². The molecule has 0 fully saturated rings. The van der Waals surface area contributed by atoms with Crippen LogP contribution in [0.3, 0.4) is 0 Å². The molecule has 8 aromatic carbocycles. The average Bonchev–Trinajstić information content (AvgIpc) is 3.94. The van der Waals surface area contributed by atoms with Crippen LogP contribution in [0, 0.1) is 0 Å². The van der Waals surface area contributed by atoms with Crippen molar-refractivity contribution >= 4 is 95.7 Å². The van der Waals surface area contributed by atoms with Gasteiger partial charge in [0, 0.05) is 67.8 Å². The van der Waals surface area contributed by atoms with Gasteiger partial charge in [-0.05, 0) is 82.6 Å². The summed E-state index contributed by atoms with van der Waals surface area (Å²) in [4.78, 5) is 16.1. The number of hydrogen-bond acceptors (Lipinski definition) is 6. The zero-order valence-corrected chi connectivity index (χ0v) is 30.8. The predicted molar refractivity (Wildman–Crippen MR) is 232 cm³/mol. The van der Waals surface area contributed by atoms with Gasteiger partial charge in [-0.3, -0.25) is 0 Å². The molecule has 256 valence electrons. The fraction of sp³-hybridized carbons (Fsp3) is 0. The topological polar surface area (TPSA) is 51.8 Å². The Bertz CT molecular complexity index is 3520. The normalized spacial score (nSPS) is 12.0. The fourth-order valence-corrected chi connectivity index (χ4v) is 10.4. The van der Waals surface area contributed by atoms with E-state index in [1.807, 2.05) is 34.8 Å². The smallest absolute Gasteiger partial charge is 0.165 e. The molecule has 0 N–H and O–H groups in total. The minimum Gasteiger partial charge on any atom is -0.456 e. The first-order chi connectivity index (χ1) is 27.2. The highest BCUT2D eigenvalue weighted by Gasteiger charge is 2.24. The predicted octanol–water partition coefficient (Wildman–Crippen LogP) is 14.3. The van der Waals surface area contributed by atoms with Crippen molar-refractivity contribution in [3.05, 3.63) is 164 Å². The van der Waals surface area contributed by atoms with Crippen LogP contribution in [-0.2, 0) is 0 Å². The molecule has 12 rings (SSSR count). The number of aromatic nitrogens is 3. The van der Waals surface area contributed by atoms with Crippen molar-refractivity contribution < 1.29 is 4.42 Å². The molecule has 0 aliphatic rings. The second-order valence-electron chi connectivity index (χ2n) is 13.9. The van der Waals surface area contributed by atoms with Crippen LogP contribution in [0.1, 0.15) is 0 Å². The first kappa shape index (κ1) is 30.7. The first-order valence-electron chi connectivity index (χ1n) is 18.3. The quantitative estimate of drug-likeness (QED) is 0.180. The lowest BCUT2D eigenvalue weighted by molar-refractivity contribution is 0.669. The summed E-state index contributed by atoms with van der Waals surface area (Å²) < 4.78 is 11.5. The molecule has 0 aliphatic carbocycles. The van der Waals surface area contributed by atoms with Gasteiger partial charge < -0.3 is 4.42 Å². The van der Waals surface area contributed by atoms with Crippen LogP contribution < -0.4 is 0 Å². The Hall–Kier alpha value is -6.73. The maximum atomic E-state index is 6.54. The molecule has 4 aromatic heterocycles. The van der Waals surface area contributed by atoms with Crippen LogP contribution in [0.2, 0.25) is 0 Å². The summed E-state index contributed by atoms with van der Waals surface area (Å²) in [6.45, 7) is 0. The molecular formula is C49H27N3OS2. The molecule has 6 heteroatoms. The van der Waals surface area contributed by atoms with Gasteiger partial charge in [0.1, 0.15) is 11.2 Å². The zero-order valence-electron chi connectivity index (χ0n) is 29.2. The number of para-hydroxylation sites is 1. The molecule has 0 spiro atoms. The molecule has 0 bridgehead atoms. The van der Waals surface area contributed by atoms with Crippen molar-refractivity contribution in [3.63, 3.8) is 0 Å². The van der Waals surface area contributed by atoms with E-state index in [1.165, 1.54) is 45.7 Å². The van der Waals surface area contributed by atoms with Crippen LogP contribution in [0.5, 0.6) is 0 Å². The number of hydrogen-bond donors (Lipinski definition) is 0. The zero-order chi connectivity index (χ0) is 36.0. The summed E-state index contributed by atoms with van der Waals surface area (Å²) in [6, 6.07) is 57.9. The summed E-state index contributed by atoms with van der Waals surface area (Å²) in [5.74, 6) is 1.85. The second-order valence-corrected chi connectivity index (χ2v) is 16.1. The minimum absolute atomic E-state index is 0.604. The Morgan fingerprint density at radius 1 is 0.364 bits per heavy atom. The molecule has 0 unspecified atom stereocenters. The van der Waals surface area contributed by atoms with Gasteiger partial charge in [0.15, 0.2) is 17.5 Å². The number of furan rings is 1. The van der Waals surface area contributed by atoms with Crippen molar-refractivity contribution in [1.29, 1.82) is 0 Å². The van der Waals surface area contributed by atoms with E-state index in [4.69, 9.17) is 19.4 Å². The number of rotatable bonds is 4. The van der Waals surface area contributed by atoms with Gasteiger partial charge in [-0.15, -0.1) is 22.7 Å². The maximum absolute atomic E-state index is 6.54. The molecule has 4 heterocycles. The van der Waals surface area contributed by atoms with Gasteiger partial charge in [-0.2, -0.15) is 0 Å². The molecule has 0 saturated carbocycles. The summed E-state index contributed by atoms with van der Waals surface area (Å²) in [5.41, 5.74) is 6.61. The van der Waals surface area contributed by atoms with Crippen molar-refractivity contribution in [2.45, 2.75) is 0 Å². The van der Waals surface area contributed by atoms with Gasteiger partial charge in [0.05, 0.1) is 0 Å². The highest BCUT2D eigenvalue weighted by molar-refractivity contribution is 7.26. The molecule has 0 radical (unpaired) electrons. The number of thiophene rings is 2. The Kier molecular flexibility index (Phi) is 6.64. The average molecular weight is 738 g/mol. The van der Waals surface area contributed by atoms with Crippen molar-refractivity contribution in [2.24, 2.45) is 0 Å². The maximum Gasteiger partial charge on any atom is 0.165 e. The van der Waals surface area contributed by atoms with Crippen molar-refractivity contribution in [2.75, 3.05) is 0 Å². The van der Waals surface area contributed by atoms with E-state index in [0.717, 1.165) is 55.1 Å². The first-order valence-corrected chi connectivity index (χ1v) is 19.9. The minimum atomic E-state index is 0.604. The Labute approximate surface area is 322 Å². The lowest BCUT2D eigenvalue weighted by Gasteiger charge is -2.15. The van der Waals surface area contributed by atoms with Crippen LogP contribution in [-0.4, -0.2) is 15.0 Å². The fourth-order valence-electron chi connectivity index (χ4n) is 8.21. The highest BCUT2D eigenvalue weighted by atomic mass is 32.1. The molecular weight excluding hydrogens is 711 g/mol. The Balaban J connectivity index is 1.20. The largest absolute Gasteiger partial charge is 0.456 e. The number of nitrogens with zero attached hydrogens (tertiary/aromatic N) is 3. The third-order valence-corrected chi connectivity index (χ3v) is 13.0. The summed E-state index contributed by atoms with van der Waals surface area (Å²) in [6.07, 6.45) is 0. The second kappa shape index (κ2) is 11.9. The van der Waals surface area contributed by atoms with Crippen LogP contribution in [0.15, 0.2) is 168 Å². The number of fused-ring (bicyclic) bond motifs is 10. The van der Waals surface area contributed by atoms with Crippen molar-refractivity contribution in [3.8, 4) is 45.3 Å². The van der Waals surface area contributed by atoms with E-state index in [2.05, 4.69) is 152 Å². The van der Waals surface area contributed by atoms with Gasteiger partial charge in [-0.1, -0.05) is 103 Å². The third kappa shape index (κ3) is 4.79. The lowest BCUT2D eigenvalue weighted by Crippen LogP contribution is -2.01. The molecule has 12 aromatic rings. The summed E-state index contributed by atoms with van der Waals surface area (Å²) in [5, 5.41) is 9.23. The SMILES string of the molecule is c1ccc2cc(-c3nc(-c4ccc5sc6ccccc6c5c4)nc(-c4c(-c5cccc6sc7ccccc7c56)ccc5oc6ccccc6c45)n3)ccc2c1. The van der Waals surface area contributed by atoms with Gasteiger partial charge >= 0.3 is 0 Å². The van der Waals surface area contributed by atoms with Gasteiger partial charge in [-0.25, -0.2) is 15.0 Å². The van der Waals surface area contributed by atoms with E-state index in [-0.39, 0.29) is 0 Å². The van der Waals surface area contributed by atoms with E-state index >= 15 is 0 Å². The lowest BCUT2D eigenvalue weighted by atomic mass is 9.92.